The Morgan fingerprint density at radius 1 is 0.367 bits per heavy atom. The fourth-order valence-corrected chi connectivity index (χ4v) is 7.69. The van der Waals surface area contributed by atoms with E-state index < -0.39 is 0 Å². The summed E-state index contributed by atoms with van der Waals surface area (Å²) in [7, 11) is 0. The first-order valence-electron chi connectivity index (χ1n) is 21.2. The minimum absolute atomic E-state index is 0.747. The number of benzene rings is 3. The van der Waals surface area contributed by atoms with Crippen molar-refractivity contribution in [3.63, 3.8) is 0 Å². The van der Waals surface area contributed by atoms with Crippen molar-refractivity contribution in [1.82, 2.24) is 0 Å². The smallest absolute Gasteiger partial charge is 0.169 e. The van der Waals surface area contributed by atoms with Crippen LogP contribution < -0.4 is 9.47 Å². The highest BCUT2D eigenvalue weighted by Gasteiger charge is 2.17. The molecular weight excluding hydrogens is 664 g/mol. The molecule has 0 spiro atoms. The van der Waals surface area contributed by atoms with Gasteiger partial charge in [-0.05, 0) is 41.8 Å². The monoisotopic (exact) mass is 736 g/mol. The van der Waals surface area contributed by atoms with E-state index in [2.05, 4.69) is 72.2 Å². The lowest BCUT2D eigenvalue weighted by Gasteiger charge is -2.19. The second-order valence-electron chi connectivity index (χ2n) is 14.8. The summed E-state index contributed by atoms with van der Waals surface area (Å²) in [5, 5.41) is 4.78. The van der Waals surface area contributed by atoms with Crippen LogP contribution in [0.5, 0.6) is 11.5 Å². The minimum atomic E-state index is 0.747. The molecule has 3 aromatic carbocycles. The number of halogens is 1. The van der Waals surface area contributed by atoms with Crippen molar-refractivity contribution in [3.8, 4) is 11.5 Å². The van der Waals surface area contributed by atoms with Gasteiger partial charge < -0.3 is 9.47 Å². The standard InChI is InChI=1S/C46H73BrO2/c1-3-5-7-9-11-13-15-17-19-21-23-25-27-31-37-48-45-42-34-30-29-33-41(42)44-39-40(47)35-36-43(44)46(45)49-38-32-28-26-24-22-20-18-16-14-12-10-8-6-4-2/h29-30,33-36,39H,3-28,31-32,37-38H2,1-2H3. The second-order valence-corrected chi connectivity index (χ2v) is 15.7. The number of hydrogen-bond donors (Lipinski definition) is 0. The van der Waals surface area contributed by atoms with E-state index in [1.165, 1.54) is 178 Å². The molecule has 0 heterocycles. The molecule has 0 saturated heterocycles. The molecule has 0 aliphatic carbocycles. The van der Waals surface area contributed by atoms with Gasteiger partial charge in [-0.1, -0.05) is 221 Å². The average molecular weight is 738 g/mol. The van der Waals surface area contributed by atoms with Gasteiger partial charge in [-0.3, -0.25) is 0 Å². The van der Waals surface area contributed by atoms with Gasteiger partial charge in [0.05, 0.1) is 13.2 Å². The number of hydrogen-bond acceptors (Lipinski definition) is 2. The Morgan fingerprint density at radius 3 is 1.08 bits per heavy atom. The zero-order valence-corrected chi connectivity index (χ0v) is 33.5. The van der Waals surface area contributed by atoms with Gasteiger partial charge in [0.2, 0.25) is 0 Å². The van der Waals surface area contributed by atoms with Crippen LogP contribution in [0.4, 0.5) is 0 Å². The van der Waals surface area contributed by atoms with Crippen molar-refractivity contribution in [2.24, 2.45) is 0 Å². The molecule has 2 nitrogen and oxygen atoms in total. The molecule has 0 atom stereocenters. The van der Waals surface area contributed by atoms with E-state index in [0.29, 0.717) is 0 Å². The predicted octanol–water partition coefficient (Wildman–Crippen LogP) is 16.5. The lowest BCUT2D eigenvalue weighted by molar-refractivity contribution is 0.263. The summed E-state index contributed by atoms with van der Waals surface area (Å²) in [6.45, 7) is 6.09. The molecule has 0 radical (unpaired) electrons. The van der Waals surface area contributed by atoms with Crippen molar-refractivity contribution in [2.75, 3.05) is 13.2 Å². The highest BCUT2D eigenvalue weighted by atomic mass is 79.9. The molecule has 0 bridgehead atoms. The zero-order valence-electron chi connectivity index (χ0n) is 31.9. The first-order valence-corrected chi connectivity index (χ1v) is 21.9. The largest absolute Gasteiger partial charge is 0.489 e. The molecule has 0 aliphatic heterocycles. The summed E-state index contributed by atoms with van der Waals surface area (Å²) in [5.74, 6) is 1.87. The average Bonchev–Trinajstić information content (AvgIpc) is 3.12. The van der Waals surface area contributed by atoms with Crippen LogP contribution in [-0.2, 0) is 0 Å². The third-order valence-electron chi connectivity index (χ3n) is 10.4. The second kappa shape index (κ2) is 27.9. The molecule has 0 fully saturated rings. The van der Waals surface area contributed by atoms with Crippen molar-refractivity contribution in [3.05, 3.63) is 46.9 Å². The summed E-state index contributed by atoms with van der Waals surface area (Å²) in [6.07, 6.45) is 38.3. The summed E-state index contributed by atoms with van der Waals surface area (Å²) in [5.41, 5.74) is 0. The first-order chi connectivity index (χ1) is 24.3. The Bertz CT molecular complexity index is 1240. The van der Waals surface area contributed by atoms with E-state index in [0.717, 1.165) is 52.8 Å². The van der Waals surface area contributed by atoms with Crippen molar-refractivity contribution in [1.29, 1.82) is 0 Å². The van der Waals surface area contributed by atoms with Crippen LogP contribution >= 0.6 is 15.9 Å². The van der Waals surface area contributed by atoms with Crippen LogP contribution in [0, 0.1) is 0 Å². The van der Waals surface area contributed by atoms with E-state index >= 15 is 0 Å². The molecule has 276 valence electrons. The van der Waals surface area contributed by atoms with Gasteiger partial charge in [0.25, 0.3) is 0 Å². The van der Waals surface area contributed by atoms with E-state index in [9.17, 15) is 0 Å². The third-order valence-corrected chi connectivity index (χ3v) is 10.9. The minimum Gasteiger partial charge on any atom is -0.489 e. The fourth-order valence-electron chi connectivity index (χ4n) is 7.33. The molecule has 0 N–H and O–H groups in total. The van der Waals surface area contributed by atoms with Crippen molar-refractivity contribution >= 4 is 37.5 Å². The van der Waals surface area contributed by atoms with Gasteiger partial charge in [-0.25, -0.2) is 0 Å². The molecule has 49 heavy (non-hydrogen) atoms. The maximum absolute atomic E-state index is 6.64. The summed E-state index contributed by atoms with van der Waals surface area (Å²) >= 11 is 3.71. The highest BCUT2D eigenvalue weighted by Crippen LogP contribution is 2.44. The zero-order chi connectivity index (χ0) is 34.6. The number of rotatable bonds is 32. The molecule has 0 aliphatic rings. The molecule has 0 amide bonds. The van der Waals surface area contributed by atoms with Crippen molar-refractivity contribution in [2.45, 2.75) is 194 Å². The van der Waals surface area contributed by atoms with E-state index in [1.54, 1.807) is 0 Å². The SMILES string of the molecule is CCCCCCCCCCCCCCCCOc1c(OCCCCCCCCCCCCCCCC)c2ccc(Br)cc2c2ccccc12. The highest BCUT2D eigenvalue weighted by molar-refractivity contribution is 9.10. The van der Waals surface area contributed by atoms with Gasteiger partial charge in [0, 0.05) is 15.2 Å². The van der Waals surface area contributed by atoms with Gasteiger partial charge in [-0.2, -0.15) is 0 Å². The maximum atomic E-state index is 6.64. The molecule has 0 aromatic heterocycles. The van der Waals surface area contributed by atoms with Crippen LogP contribution in [0.3, 0.4) is 0 Å². The predicted molar refractivity (Wildman–Crippen MR) is 221 cm³/mol. The van der Waals surface area contributed by atoms with Gasteiger partial charge >= 0.3 is 0 Å². The Morgan fingerprint density at radius 2 is 0.694 bits per heavy atom. The molecule has 0 unspecified atom stereocenters. The summed E-state index contributed by atoms with van der Waals surface area (Å²) in [4.78, 5) is 0. The Labute approximate surface area is 311 Å². The van der Waals surface area contributed by atoms with E-state index in [4.69, 9.17) is 9.47 Å². The topological polar surface area (TPSA) is 18.5 Å². The first kappa shape index (κ1) is 41.7. The maximum Gasteiger partial charge on any atom is 0.169 e. The third kappa shape index (κ3) is 17.4. The van der Waals surface area contributed by atoms with Gasteiger partial charge in [-0.15, -0.1) is 0 Å². The van der Waals surface area contributed by atoms with Gasteiger partial charge in [0.15, 0.2) is 11.5 Å². The normalized spacial score (nSPS) is 11.6. The van der Waals surface area contributed by atoms with Gasteiger partial charge in [0.1, 0.15) is 0 Å². The van der Waals surface area contributed by atoms with E-state index in [-0.39, 0.29) is 0 Å². The molecule has 3 heteroatoms. The summed E-state index contributed by atoms with van der Waals surface area (Å²) in [6, 6.07) is 15.3. The number of ether oxygens (including phenoxy) is 2. The number of fused-ring (bicyclic) bond motifs is 3. The summed E-state index contributed by atoms with van der Waals surface area (Å²) < 4.78 is 14.4. The van der Waals surface area contributed by atoms with Crippen LogP contribution in [0.25, 0.3) is 21.5 Å². The number of unbranched alkanes of at least 4 members (excludes halogenated alkanes) is 26. The lowest BCUT2D eigenvalue weighted by atomic mass is 10.00. The lowest BCUT2D eigenvalue weighted by Crippen LogP contribution is -2.04. The van der Waals surface area contributed by atoms with Crippen molar-refractivity contribution < 1.29 is 9.47 Å². The quantitative estimate of drug-likeness (QED) is 0.0469. The Kier molecular flexibility index (Phi) is 23.7. The Balaban J connectivity index is 1.38. The van der Waals surface area contributed by atoms with Crippen LogP contribution in [0.15, 0.2) is 46.9 Å². The molecule has 3 rings (SSSR count). The molecule has 3 aromatic rings. The van der Waals surface area contributed by atoms with E-state index in [1.807, 2.05) is 0 Å². The molecular formula is C46H73BrO2. The van der Waals surface area contributed by atoms with Crippen LogP contribution in [0.1, 0.15) is 194 Å². The Hall–Kier alpha value is -1.74. The van der Waals surface area contributed by atoms with Crippen LogP contribution in [0.2, 0.25) is 0 Å². The molecule has 0 saturated carbocycles. The van der Waals surface area contributed by atoms with Crippen LogP contribution in [-0.4, -0.2) is 13.2 Å². The fraction of sp³-hybridized carbons (Fsp3) is 0.696.